The van der Waals surface area contributed by atoms with Gasteiger partial charge in [0, 0.05) is 0 Å². The summed E-state index contributed by atoms with van der Waals surface area (Å²) in [4.78, 5) is 3.86. The lowest BCUT2D eigenvalue weighted by atomic mass is 10.4. The third-order valence-electron chi connectivity index (χ3n) is 1.86. The number of aromatic amines is 1. The Morgan fingerprint density at radius 2 is 2.29 bits per heavy atom. The van der Waals surface area contributed by atoms with Crippen molar-refractivity contribution in [2.45, 2.75) is 11.1 Å². The van der Waals surface area contributed by atoms with E-state index in [1.807, 2.05) is 6.07 Å². The van der Waals surface area contributed by atoms with E-state index in [1.54, 1.807) is 6.92 Å². The average molecular weight is 269 g/mol. The molecule has 0 fully saturated rings. The molecule has 0 atom stereocenters. The molecule has 0 aliphatic heterocycles. The minimum absolute atomic E-state index is 0.0542. The Bertz CT molecular complexity index is 679. The summed E-state index contributed by atoms with van der Waals surface area (Å²) in [5.74, 6) is 0.0542. The number of nitriles is 1. The van der Waals surface area contributed by atoms with Crippen molar-refractivity contribution in [3.8, 4) is 6.07 Å². The van der Waals surface area contributed by atoms with Crippen molar-refractivity contribution in [2.75, 3.05) is 4.72 Å². The van der Waals surface area contributed by atoms with Crippen LogP contribution < -0.4 is 4.72 Å². The largest absolute Gasteiger partial charge is 0.274 e. The Morgan fingerprint density at radius 3 is 2.88 bits per heavy atom. The highest BCUT2D eigenvalue weighted by molar-refractivity contribution is 7.94. The molecule has 0 aliphatic carbocycles. The molecule has 0 bridgehead atoms. The zero-order valence-electron chi connectivity index (χ0n) is 8.63. The predicted molar refractivity (Wildman–Crippen MR) is 61.0 cm³/mol. The number of hydrogen-bond acceptors (Lipinski definition) is 6. The maximum absolute atomic E-state index is 11.9. The van der Waals surface area contributed by atoms with Gasteiger partial charge >= 0.3 is 0 Å². The highest BCUT2D eigenvalue weighted by atomic mass is 32.2. The van der Waals surface area contributed by atoms with E-state index < -0.39 is 10.0 Å². The van der Waals surface area contributed by atoms with Crippen LogP contribution >= 0.6 is 11.3 Å². The zero-order valence-corrected chi connectivity index (χ0v) is 10.3. The number of hydrogen-bond donors (Lipinski definition) is 2. The van der Waals surface area contributed by atoms with E-state index in [0.29, 0.717) is 5.01 Å². The first-order valence-electron chi connectivity index (χ1n) is 4.41. The molecule has 9 heteroatoms. The molecular weight excluding hydrogens is 262 g/mol. The van der Waals surface area contributed by atoms with Gasteiger partial charge < -0.3 is 0 Å². The van der Waals surface area contributed by atoms with Crippen LogP contribution in [0.2, 0.25) is 0 Å². The standard InChI is InChI=1S/C8H7N5O2S2/c1-5-10-4-7(16-5)17(14,15)13-8-6(2-9)3-11-12-8/h3-4H,1H3,(H2,11,12,13). The van der Waals surface area contributed by atoms with Gasteiger partial charge in [0.05, 0.1) is 17.4 Å². The number of aromatic nitrogens is 3. The zero-order chi connectivity index (χ0) is 12.5. The summed E-state index contributed by atoms with van der Waals surface area (Å²) in [5, 5.41) is 15.4. The maximum atomic E-state index is 11.9. The molecule has 0 amide bonds. The number of nitrogens with zero attached hydrogens (tertiary/aromatic N) is 3. The summed E-state index contributed by atoms with van der Waals surface area (Å²) in [6, 6.07) is 1.82. The Morgan fingerprint density at radius 1 is 1.53 bits per heavy atom. The highest BCUT2D eigenvalue weighted by Gasteiger charge is 2.19. The summed E-state index contributed by atoms with van der Waals surface area (Å²) in [5.41, 5.74) is 0.134. The second-order valence-corrected chi connectivity index (χ2v) is 6.22. The second-order valence-electron chi connectivity index (χ2n) is 3.07. The number of aryl methyl sites for hydroxylation is 1. The molecule has 2 N–H and O–H groups in total. The molecule has 2 aromatic rings. The molecule has 0 radical (unpaired) electrons. The molecule has 2 aromatic heterocycles. The van der Waals surface area contributed by atoms with Crippen LogP contribution in [0.4, 0.5) is 5.82 Å². The normalized spacial score (nSPS) is 11.1. The average Bonchev–Trinajstić information content (AvgIpc) is 2.86. The smallest absolute Gasteiger partial charge is 0.262 e. The van der Waals surface area contributed by atoms with Gasteiger partial charge in [-0.15, -0.1) is 11.3 Å². The van der Waals surface area contributed by atoms with Gasteiger partial charge in [0.25, 0.3) is 10.0 Å². The fourth-order valence-electron chi connectivity index (χ4n) is 1.10. The third kappa shape index (κ3) is 2.27. The lowest BCUT2D eigenvalue weighted by molar-refractivity contribution is 0.602. The van der Waals surface area contributed by atoms with Gasteiger partial charge in [-0.25, -0.2) is 13.4 Å². The molecule has 17 heavy (non-hydrogen) atoms. The number of H-pyrrole nitrogens is 1. The molecule has 0 aliphatic rings. The fraction of sp³-hybridized carbons (Fsp3) is 0.125. The number of thiazole rings is 1. The first-order valence-corrected chi connectivity index (χ1v) is 6.71. The summed E-state index contributed by atoms with van der Waals surface area (Å²) in [7, 11) is -3.71. The van der Waals surface area contributed by atoms with Crippen molar-refractivity contribution in [1.29, 1.82) is 5.26 Å². The molecule has 2 rings (SSSR count). The molecule has 0 unspecified atom stereocenters. The summed E-state index contributed by atoms with van der Waals surface area (Å²) in [6.07, 6.45) is 2.51. The van der Waals surface area contributed by atoms with Crippen LogP contribution in [0.15, 0.2) is 16.6 Å². The second kappa shape index (κ2) is 4.15. The third-order valence-corrected chi connectivity index (χ3v) is 4.58. The van der Waals surface area contributed by atoms with E-state index in [2.05, 4.69) is 19.9 Å². The van der Waals surface area contributed by atoms with Crippen molar-refractivity contribution in [2.24, 2.45) is 0 Å². The topological polar surface area (TPSA) is 112 Å². The Labute approximate surface area is 101 Å². The number of anilines is 1. The number of rotatable bonds is 3. The molecule has 88 valence electrons. The van der Waals surface area contributed by atoms with Crippen LogP contribution in [0.5, 0.6) is 0 Å². The summed E-state index contributed by atoms with van der Waals surface area (Å²) >= 11 is 1.05. The van der Waals surface area contributed by atoms with Gasteiger partial charge in [0.2, 0.25) is 0 Å². The van der Waals surface area contributed by atoms with Crippen molar-refractivity contribution in [3.63, 3.8) is 0 Å². The van der Waals surface area contributed by atoms with Crippen molar-refractivity contribution < 1.29 is 8.42 Å². The molecule has 0 aromatic carbocycles. The van der Waals surface area contributed by atoms with E-state index in [4.69, 9.17) is 5.26 Å². The predicted octanol–water partition coefficient (Wildman–Crippen LogP) is 0.847. The molecule has 7 nitrogen and oxygen atoms in total. The van der Waals surface area contributed by atoms with Crippen LogP contribution in [0.3, 0.4) is 0 Å². The lowest BCUT2D eigenvalue weighted by Gasteiger charge is -2.02. The van der Waals surface area contributed by atoms with Gasteiger partial charge in [-0.2, -0.15) is 10.4 Å². The molecule has 0 spiro atoms. The van der Waals surface area contributed by atoms with Gasteiger partial charge in [0.15, 0.2) is 10.0 Å². The first kappa shape index (κ1) is 11.6. The SMILES string of the molecule is Cc1ncc(S(=O)(=O)Nc2[nH]ncc2C#N)s1. The van der Waals surface area contributed by atoms with E-state index >= 15 is 0 Å². The minimum Gasteiger partial charge on any atom is -0.262 e. The van der Waals surface area contributed by atoms with Crippen LogP contribution in [0.1, 0.15) is 10.6 Å². The van der Waals surface area contributed by atoms with Crippen LogP contribution in [-0.4, -0.2) is 23.6 Å². The molecular formula is C8H7N5O2S2. The van der Waals surface area contributed by atoms with E-state index in [0.717, 1.165) is 11.3 Å². The van der Waals surface area contributed by atoms with Gasteiger partial charge in [-0.3, -0.25) is 9.82 Å². The van der Waals surface area contributed by atoms with Crippen molar-refractivity contribution in [3.05, 3.63) is 23.0 Å². The van der Waals surface area contributed by atoms with Crippen LogP contribution in [0.25, 0.3) is 0 Å². The van der Waals surface area contributed by atoms with Gasteiger partial charge in [0.1, 0.15) is 11.6 Å². The van der Waals surface area contributed by atoms with E-state index in [1.165, 1.54) is 12.4 Å². The number of nitrogens with one attached hydrogen (secondary N) is 2. The molecule has 2 heterocycles. The first-order chi connectivity index (χ1) is 8.03. The highest BCUT2D eigenvalue weighted by Crippen LogP contribution is 2.21. The van der Waals surface area contributed by atoms with Crippen LogP contribution in [-0.2, 0) is 10.0 Å². The van der Waals surface area contributed by atoms with Crippen LogP contribution in [0, 0.1) is 18.3 Å². The Kier molecular flexibility index (Phi) is 2.83. The fourth-order valence-corrected chi connectivity index (χ4v) is 3.24. The van der Waals surface area contributed by atoms with E-state index in [-0.39, 0.29) is 15.6 Å². The minimum atomic E-state index is -3.71. The van der Waals surface area contributed by atoms with Crippen molar-refractivity contribution >= 4 is 27.2 Å². The Hall–Kier alpha value is -1.92. The number of sulfonamides is 1. The quantitative estimate of drug-likeness (QED) is 0.857. The van der Waals surface area contributed by atoms with Crippen molar-refractivity contribution in [1.82, 2.24) is 15.2 Å². The van der Waals surface area contributed by atoms with Gasteiger partial charge in [-0.1, -0.05) is 0 Å². The lowest BCUT2D eigenvalue weighted by Crippen LogP contribution is -2.12. The van der Waals surface area contributed by atoms with Gasteiger partial charge in [-0.05, 0) is 6.92 Å². The Balaban J connectivity index is 2.34. The summed E-state index contributed by atoms with van der Waals surface area (Å²) < 4.78 is 26.1. The maximum Gasteiger partial charge on any atom is 0.274 e. The van der Waals surface area contributed by atoms with E-state index in [9.17, 15) is 8.42 Å². The summed E-state index contributed by atoms with van der Waals surface area (Å²) in [6.45, 7) is 1.71. The molecule has 0 saturated carbocycles. The molecule has 0 saturated heterocycles. The monoisotopic (exact) mass is 269 g/mol.